The second kappa shape index (κ2) is 4.88. The molecular formula is C10H11IN6O. The van der Waals surface area contributed by atoms with Crippen molar-refractivity contribution in [2.75, 3.05) is 0 Å². The molecule has 0 fully saturated rings. The predicted octanol–water partition coefficient (Wildman–Crippen LogP) is 0.978. The summed E-state index contributed by atoms with van der Waals surface area (Å²) in [6.07, 6.45) is 3.47. The Kier molecular flexibility index (Phi) is 3.45. The monoisotopic (exact) mass is 358 g/mol. The average Bonchev–Trinajstić information content (AvgIpc) is 2.78. The van der Waals surface area contributed by atoms with Gasteiger partial charge in [-0.3, -0.25) is 0 Å². The molecule has 0 radical (unpaired) electrons. The third kappa shape index (κ3) is 2.15. The minimum atomic E-state index is -0.00833. The van der Waals surface area contributed by atoms with Gasteiger partial charge in [0, 0.05) is 6.20 Å². The van der Waals surface area contributed by atoms with Gasteiger partial charge in [-0.2, -0.15) is 10.2 Å². The normalized spacial score (nSPS) is 11.8. The molecule has 0 atom stereocenters. The van der Waals surface area contributed by atoms with Gasteiger partial charge in [-0.05, 0) is 42.0 Å². The lowest BCUT2D eigenvalue weighted by Gasteiger charge is -2.10. The minimum Gasteiger partial charge on any atom is -0.409 e. The highest BCUT2D eigenvalue weighted by atomic mass is 127. The summed E-state index contributed by atoms with van der Waals surface area (Å²) in [4.78, 5) is 0. The molecule has 0 spiro atoms. The molecular weight excluding hydrogens is 347 g/mol. The van der Waals surface area contributed by atoms with E-state index in [4.69, 9.17) is 10.9 Å². The van der Waals surface area contributed by atoms with Gasteiger partial charge in [-0.15, -0.1) is 5.10 Å². The number of aromatic nitrogens is 4. The number of amidine groups is 1. The van der Waals surface area contributed by atoms with Gasteiger partial charge >= 0.3 is 0 Å². The fourth-order valence-corrected chi connectivity index (χ4v) is 1.92. The van der Waals surface area contributed by atoms with Crippen molar-refractivity contribution in [1.29, 1.82) is 0 Å². The van der Waals surface area contributed by atoms with Crippen LogP contribution in [0.1, 0.15) is 16.8 Å². The third-order valence-corrected chi connectivity index (χ3v) is 3.13. The number of rotatable bonds is 2. The van der Waals surface area contributed by atoms with Gasteiger partial charge in [0.05, 0.1) is 21.0 Å². The molecule has 0 amide bonds. The van der Waals surface area contributed by atoms with Crippen molar-refractivity contribution in [2.45, 2.75) is 13.8 Å². The molecule has 0 saturated carbocycles. The molecule has 2 aromatic heterocycles. The summed E-state index contributed by atoms with van der Waals surface area (Å²) < 4.78 is 2.51. The maximum Gasteiger partial charge on any atom is 0.187 e. The van der Waals surface area contributed by atoms with E-state index in [1.807, 2.05) is 13.8 Å². The first-order chi connectivity index (χ1) is 8.54. The van der Waals surface area contributed by atoms with Crippen molar-refractivity contribution in [2.24, 2.45) is 10.9 Å². The minimum absolute atomic E-state index is 0.00833. The highest BCUT2D eigenvalue weighted by Crippen LogP contribution is 2.17. The molecule has 94 valence electrons. The number of aryl methyl sites for hydroxylation is 1. The van der Waals surface area contributed by atoms with Crippen molar-refractivity contribution < 1.29 is 5.21 Å². The van der Waals surface area contributed by atoms with Crippen molar-refractivity contribution in [3.8, 4) is 5.82 Å². The largest absolute Gasteiger partial charge is 0.409 e. The predicted molar refractivity (Wildman–Crippen MR) is 73.9 cm³/mol. The fourth-order valence-electron chi connectivity index (χ4n) is 1.53. The van der Waals surface area contributed by atoms with E-state index in [0.29, 0.717) is 11.4 Å². The molecule has 2 rings (SSSR count). The van der Waals surface area contributed by atoms with Crippen LogP contribution in [-0.2, 0) is 0 Å². The second-order valence-corrected chi connectivity index (χ2v) is 4.94. The van der Waals surface area contributed by atoms with Gasteiger partial charge in [0.1, 0.15) is 0 Å². The Morgan fingerprint density at radius 1 is 1.44 bits per heavy atom. The standard InChI is InChI=1S/C10H11IN6O/c1-5-6(2)14-15-10(8(5)9(12)16-18)17-4-7(11)3-13-17/h3-4,18H,1-2H3,(H2,12,16). The Hall–Kier alpha value is -1.71. The zero-order chi connectivity index (χ0) is 13.3. The Morgan fingerprint density at radius 2 is 2.17 bits per heavy atom. The van der Waals surface area contributed by atoms with Gasteiger partial charge < -0.3 is 10.9 Å². The molecule has 0 aliphatic carbocycles. The van der Waals surface area contributed by atoms with Crippen LogP contribution in [-0.4, -0.2) is 31.0 Å². The maximum atomic E-state index is 8.86. The van der Waals surface area contributed by atoms with Crippen LogP contribution in [0, 0.1) is 17.4 Å². The van der Waals surface area contributed by atoms with Crippen LogP contribution >= 0.6 is 22.6 Å². The molecule has 0 aliphatic heterocycles. The number of nitrogens with two attached hydrogens (primary N) is 1. The van der Waals surface area contributed by atoms with Gasteiger partial charge in [-0.25, -0.2) is 4.68 Å². The number of hydrogen-bond donors (Lipinski definition) is 2. The Labute approximate surface area is 117 Å². The van der Waals surface area contributed by atoms with Crippen LogP contribution in [0.25, 0.3) is 5.82 Å². The summed E-state index contributed by atoms with van der Waals surface area (Å²) in [7, 11) is 0. The molecule has 3 N–H and O–H groups in total. The lowest BCUT2D eigenvalue weighted by atomic mass is 10.1. The Balaban J connectivity index is 2.71. The molecule has 0 bridgehead atoms. The highest BCUT2D eigenvalue weighted by molar-refractivity contribution is 14.1. The van der Waals surface area contributed by atoms with E-state index in [-0.39, 0.29) is 5.84 Å². The van der Waals surface area contributed by atoms with Crippen LogP contribution in [0.5, 0.6) is 0 Å². The number of nitrogens with zero attached hydrogens (tertiary/aromatic N) is 5. The summed E-state index contributed by atoms with van der Waals surface area (Å²) in [6.45, 7) is 3.66. The van der Waals surface area contributed by atoms with E-state index in [1.165, 1.54) is 0 Å². The maximum absolute atomic E-state index is 8.86. The van der Waals surface area contributed by atoms with Crippen LogP contribution in [0.3, 0.4) is 0 Å². The summed E-state index contributed by atoms with van der Waals surface area (Å²) >= 11 is 2.14. The van der Waals surface area contributed by atoms with Gasteiger partial charge in [0.15, 0.2) is 11.7 Å². The summed E-state index contributed by atoms with van der Waals surface area (Å²) in [5.74, 6) is 0.433. The zero-order valence-electron chi connectivity index (χ0n) is 9.79. The van der Waals surface area contributed by atoms with E-state index < -0.39 is 0 Å². The molecule has 0 saturated heterocycles. The van der Waals surface area contributed by atoms with Crippen molar-refractivity contribution in [3.63, 3.8) is 0 Å². The SMILES string of the molecule is Cc1nnc(-n2cc(I)cn2)c(C(N)=NO)c1C. The quantitative estimate of drug-likeness (QED) is 0.274. The van der Waals surface area contributed by atoms with Gasteiger partial charge in [0.2, 0.25) is 0 Å². The Bertz CT molecular complexity index is 621. The van der Waals surface area contributed by atoms with Crippen LogP contribution < -0.4 is 5.73 Å². The number of oxime groups is 1. The molecule has 2 aromatic rings. The van der Waals surface area contributed by atoms with Crippen LogP contribution in [0.15, 0.2) is 17.5 Å². The van der Waals surface area contributed by atoms with Crippen molar-refractivity contribution in [3.05, 3.63) is 32.8 Å². The summed E-state index contributed by atoms with van der Waals surface area (Å²) in [5.41, 5.74) is 7.76. The summed E-state index contributed by atoms with van der Waals surface area (Å²) in [5, 5.41) is 24.2. The van der Waals surface area contributed by atoms with Gasteiger partial charge in [0.25, 0.3) is 0 Å². The number of hydrogen-bond acceptors (Lipinski definition) is 5. The smallest absolute Gasteiger partial charge is 0.187 e. The zero-order valence-corrected chi connectivity index (χ0v) is 12.0. The third-order valence-electron chi connectivity index (χ3n) is 2.57. The number of halogens is 1. The van der Waals surface area contributed by atoms with Crippen molar-refractivity contribution >= 4 is 28.4 Å². The summed E-state index contributed by atoms with van der Waals surface area (Å²) in [6, 6.07) is 0. The van der Waals surface area contributed by atoms with E-state index >= 15 is 0 Å². The first-order valence-corrected chi connectivity index (χ1v) is 6.14. The molecule has 7 nitrogen and oxygen atoms in total. The lowest BCUT2D eigenvalue weighted by molar-refractivity contribution is 0.318. The van der Waals surface area contributed by atoms with Crippen molar-refractivity contribution in [1.82, 2.24) is 20.0 Å². The molecule has 8 heteroatoms. The van der Waals surface area contributed by atoms with E-state index in [1.54, 1.807) is 17.1 Å². The molecule has 0 unspecified atom stereocenters. The van der Waals surface area contributed by atoms with Crippen LogP contribution in [0.4, 0.5) is 0 Å². The molecule has 2 heterocycles. The topological polar surface area (TPSA) is 102 Å². The average molecular weight is 358 g/mol. The van der Waals surface area contributed by atoms with E-state index in [9.17, 15) is 0 Å². The fraction of sp³-hybridized carbons (Fsp3) is 0.200. The molecule has 18 heavy (non-hydrogen) atoms. The van der Waals surface area contributed by atoms with Gasteiger partial charge in [-0.1, -0.05) is 5.16 Å². The molecule has 0 aliphatic rings. The lowest BCUT2D eigenvalue weighted by Crippen LogP contribution is -2.21. The first-order valence-electron chi connectivity index (χ1n) is 5.07. The second-order valence-electron chi connectivity index (χ2n) is 3.70. The van der Waals surface area contributed by atoms with Crippen LogP contribution in [0.2, 0.25) is 0 Å². The molecule has 0 aromatic carbocycles. The van der Waals surface area contributed by atoms with E-state index in [0.717, 1.165) is 14.8 Å². The first kappa shape index (κ1) is 12.7. The van der Waals surface area contributed by atoms with E-state index in [2.05, 4.69) is 43.0 Å². The highest BCUT2D eigenvalue weighted by Gasteiger charge is 2.17. The Morgan fingerprint density at radius 3 is 2.72 bits per heavy atom.